The van der Waals surface area contributed by atoms with Crippen LogP contribution in [0.5, 0.6) is 5.75 Å². The van der Waals surface area contributed by atoms with Crippen LogP contribution >= 0.6 is 22.9 Å². The molecule has 1 N–H and O–H groups in total. The fourth-order valence-corrected chi connectivity index (χ4v) is 3.22. The highest BCUT2D eigenvalue weighted by Crippen LogP contribution is 2.35. The smallest absolute Gasteiger partial charge is 0.118 e. The molecule has 0 amide bonds. The summed E-state index contributed by atoms with van der Waals surface area (Å²) in [5.41, 5.74) is 0.102. The highest BCUT2D eigenvalue weighted by atomic mass is 35.5. The van der Waals surface area contributed by atoms with Gasteiger partial charge in [0.15, 0.2) is 0 Å². The topological polar surface area (TPSA) is 29.5 Å². The third kappa shape index (κ3) is 2.86. The van der Waals surface area contributed by atoms with Crippen LogP contribution in [0.15, 0.2) is 35.7 Å². The second-order valence-corrected chi connectivity index (χ2v) is 5.72. The Morgan fingerprint density at radius 3 is 2.44 bits per heavy atom. The third-order valence-corrected chi connectivity index (χ3v) is 4.41. The lowest BCUT2D eigenvalue weighted by atomic mass is 9.95. The third-order valence-electron chi connectivity index (χ3n) is 2.81. The molecule has 0 aliphatic heterocycles. The summed E-state index contributed by atoms with van der Waals surface area (Å²) in [7, 11) is 1.64. The summed E-state index contributed by atoms with van der Waals surface area (Å²) in [6.45, 7) is 1.79. The first-order valence-electron chi connectivity index (χ1n) is 5.62. The standard InChI is InChI=1S/C14H15ClO2S/c1-14(16,13-12(15)7-8-18-13)9-10-3-5-11(17-2)6-4-10/h3-8,16H,9H2,1-2H3. The van der Waals surface area contributed by atoms with E-state index in [4.69, 9.17) is 16.3 Å². The molecule has 1 heterocycles. The molecule has 2 nitrogen and oxygen atoms in total. The van der Waals surface area contributed by atoms with E-state index in [0.717, 1.165) is 16.2 Å². The minimum atomic E-state index is -0.945. The van der Waals surface area contributed by atoms with Gasteiger partial charge in [-0.05, 0) is 36.1 Å². The van der Waals surface area contributed by atoms with Gasteiger partial charge in [0.1, 0.15) is 11.4 Å². The maximum absolute atomic E-state index is 10.5. The zero-order chi connectivity index (χ0) is 13.2. The fraction of sp³-hybridized carbons (Fsp3) is 0.286. The lowest BCUT2D eigenvalue weighted by molar-refractivity contribution is 0.0616. The van der Waals surface area contributed by atoms with Gasteiger partial charge in [0.05, 0.1) is 17.0 Å². The van der Waals surface area contributed by atoms with Gasteiger partial charge >= 0.3 is 0 Å². The second-order valence-electron chi connectivity index (χ2n) is 4.40. The number of halogens is 1. The van der Waals surface area contributed by atoms with E-state index < -0.39 is 5.60 Å². The van der Waals surface area contributed by atoms with Crippen LogP contribution in [0.1, 0.15) is 17.4 Å². The van der Waals surface area contributed by atoms with Crippen LogP contribution in [0.2, 0.25) is 5.02 Å². The molecule has 96 valence electrons. The molecule has 0 aliphatic rings. The summed E-state index contributed by atoms with van der Waals surface area (Å²) in [6.07, 6.45) is 0.525. The van der Waals surface area contributed by atoms with Crippen molar-refractivity contribution >= 4 is 22.9 Å². The van der Waals surface area contributed by atoms with E-state index in [2.05, 4.69) is 0 Å². The van der Waals surface area contributed by atoms with Gasteiger partial charge in [-0.15, -0.1) is 11.3 Å². The van der Waals surface area contributed by atoms with Crippen molar-refractivity contribution in [1.29, 1.82) is 0 Å². The van der Waals surface area contributed by atoms with E-state index >= 15 is 0 Å². The number of rotatable bonds is 4. The molecule has 18 heavy (non-hydrogen) atoms. The van der Waals surface area contributed by atoms with E-state index in [1.165, 1.54) is 11.3 Å². The number of hydrogen-bond donors (Lipinski definition) is 1. The molecule has 2 aromatic rings. The molecule has 0 fully saturated rings. The Hall–Kier alpha value is -1.03. The zero-order valence-electron chi connectivity index (χ0n) is 10.3. The van der Waals surface area contributed by atoms with Crippen LogP contribution in [0, 0.1) is 0 Å². The first-order chi connectivity index (χ1) is 8.53. The number of benzene rings is 1. The molecule has 1 aromatic heterocycles. The van der Waals surface area contributed by atoms with Crippen molar-refractivity contribution in [1.82, 2.24) is 0 Å². The Kier molecular flexibility index (Phi) is 3.95. The molecular weight excluding hydrogens is 268 g/mol. The molecule has 0 saturated carbocycles. The molecule has 0 aliphatic carbocycles. The first kappa shape index (κ1) is 13.4. The van der Waals surface area contributed by atoms with Gasteiger partial charge in [-0.2, -0.15) is 0 Å². The summed E-state index contributed by atoms with van der Waals surface area (Å²) in [5, 5.41) is 13.0. The first-order valence-corrected chi connectivity index (χ1v) is 6.87. The van der Waals surface area contributed by atoms with Crippen molar-refractivity contribution < 1.29 is 9.84 Å². The molecule has 0 radical (unpaired) electrons. The average molecular weight is 283 g/mol. The molecule has 2 rings (SSSR count). The SMILES string of the molecule is COc1ccc(CC(C)(O)c2sccc2Cl)cc1. The average Bonchev–Trinajstić information content (AvgIpc) is 2.77. The quantitative estimate of drug-likeness (QED) is 0.923. The highest BCUT2D eigenvalue weighted by Gasteiger charge is 2.27. The van der Waals surface area contributed by atoms with Crippen LogP contribution in [0.25, 0.3) is 0 Å². The van der Waals surface area contributed by atoms with Gasteiger partial charge in [-0.25, -0.2) is 0 Å². The normalized spacial score (nSPS) is 14.2. The minimum Gasteiger partial charge on any atom is -0.497 e. The van der Waals surface area contributed by atoms with E-state index in [-0.39, 0.29) is 0 Å². The highest BCUT2D eigenvalue weighted by molar-refractivity contribution is 7.10. The zero-order valence-corrected chi connectivity index (χ0v) is 11.9. The molecule has 0 bridgehead atoms. The van der Waals surface area contributed by atoms with Gasteiger partial charge in [-0.1, -0.05) is 23.7 Å². The number of hydrogen-bond acceptors (Lipinski definition) is 3. The minimum absolute atomic E-state index is 0.525. The molecule has 1 unspecified atom stereocenters. The number of ether oxygens (including phenoxy) is 1. The van der Waals surface area contributed by atoms with Crippen LogP contribution < -0.4 is 4.74 Å². The predicted molar refractivity (Wildman–Crippen MR) is 75.6 cm³/mol. The summed E-state index contributed by atoms with van der Waals surface area (Å²) in [5.74, 6) is 0.813. The van der Waals surface area contributed by atoms with Gasteiger partial charge in [0.2, 0.25) is 0 Å². The van der Waals surface area contributed by atoms with Crippen LogP contribution in [-0.2, 0) is 12.0 Å². The molecular formula is C14H15ClO2S. The van der Waals surface area contributed by atoms with Crippen LogP contribution in [0.4, 0.5) is 0 Å². The summed E-state index contributed by atoms with van der Waals surface area (Å²) in [4.78, 5) is 0.806. The Labute approximate surface area is 116 Å². The summed E-state index contributed by atoms with van der Waals surface area (Å²) in [6, 6.07) is 9.50. The van der Waals surface area contributed by atoms with Crippen molar-refractivity contribution in [2.45, 2.75) is 18.9 Å². The van der Waals surface area contributed by atoms with Crippen molar-refractivity contribution in [3.05, 3.63) is 51.2 Å². The van der Waals surface area contributed by atoms with E-state index in [0.29, 0.717) is 11.4 Å². The molecule has 1 atom stereocenters. The van der Waals surface area contributed by atoms with Gasteiger partial charge in [-0.3, -0.25) is 0 Å². The second kappa shape index (κ2) is 5.31. The Morgan fingerprint density at radius 2 is 1.94 bits per heavy atom. The number of thiophene rings is 1. The van der Waals surface area contributed by atoms with Crippen molar-refractivity contribution in [2.75, 3.05) is 7.11 Å². The van der Waals surface area contributed by atoms with E-state index in [1.807, 2.05) is 35.7 Å². The molecule has 4 heteroatoms. The fourth-order valence-electron chi connectivity index (χ4n) is 1.90. The van der Waals surface area contributed by atoms with Gasteiger partial charge in [0.25, 0.3) is 0 Å². The predicted octanol–water partition coefficient (Wildman–Crippen LogP) is 3.86. The van der Waals surface area contributed by atoms with E-state index in [9.17, 15) is 5.11 Å². The van der Waals surface area contributed by atoms with E-state index in [1.54, 1.807) is 14.0 Å². The molecule has 1 aromatic carbocycles. The Balaban J connectivity index is 2.19. The van der Waals surface area contributed by atoms with Crippen molar-refractivity contribution in [3.8, 4) is 5.75 Å². The summed E-state index contributed by atoms with van der Waals surface area (Å²) < 4.78 is 5.11. The Morgan fingerprint density at radius 1 is 1.28 bits per heavy atom. The largest absolute Gasteiger partial charge is 0.497 e. The lowest BCUT2D eigenvalue weighted by Gasteiger charge is -2.22. The molecule has 0 saturated heterocycles. The van der Waals surface area contributed by atoms with Crippen LogP contribution in [0.3, 0.4) is 0 Å². The van der Waals surface area contributed by atoms with Crippen molar-refractivity contribution in [2.24, 2.45) is 0 Å². The number of aliphatic hydroxyl groups is 1. The van der Waals surface area contributed by atoms with Crippen molar-refractivity contribution in [3.63, 3.8) is 0 Å². The van der Waals surface area contributed by atoms with Crippen LogP contribution in [-0.4, -0.2) is 12.2 Å². The lowest BCUT2D eigenvalue weighted by Crippen LogP contribution is -2.23. The Bertz CT molecular complexity index is 517. The van der Waals surface area contributed by atoms with Gasteiger partial charge in [0, 0.05) is 6.42 Å². The summed E-state index contributed by atoms with van der Waals surface area (Å²) >= 11 is 7.55. The maximum atomic E-state index is 10.5. The number of methoxy groups -OCH3 is 1. The maximum Gasteiger partial charge on any atom is 0.118 e. The monoisotopic (exact) mass is 282 g/mol. The molecule has 0 spiro atoms. The van der Waals surface area contributed by atoms with Gasteiger partial charge < -0.3 is 9.84 Å².